The van der Waals surface area contributed by atoms with Crippen LogP contribution in [0.15, 0.2) is 0 Å². The summed E-state index contributed by atoms with van der Waals surface area (Å²) >= 11 is 0. The van der Waals surface area contributed by atoms with E-state index in [9.17, 15) is 10.2 Å². The van der Waals surface area contributed by atoms with Gasteiger partial charge in [-0.15, -0.1) is 11.8 Å². The maximum absolute atomic E-state index is 9.86. The van der Waals surface area contributed by atoms with Gasteiger partial charge in [-0.25, -0.2) is 0 Å². The molecule has 0 spiro atoms. The van der Waals surface area contributed by atoms with E-state index in [1.165, 1.54) is 0 Å². The molecule has 0 bridgehead atoms. The van der Waals surface area contributed by atoms with Crippen LogP contribution >= 0.6 is 0 Å². The van der Waals surface area contributed by atoms with Crippen LogP contribution in [0.2, 0.25) is 0 Å². The zero-order valence-corrected chi connectivity index (χ0v) is 23.2. The zero-order chi connectivity index (χ0) is 26.0. The highest BCUT2D eigenvalue weighted by Gasteiger charge is 2.10. The molecule has 0 aromatic rings. The van der Waals surface area contributed by atoms with E-state index in [-0.39, 0.29) is 37.6 Å². The highest BCUT2D eigenvalue weighted by atomic mass is 16.7. The molecule has 0 aliphatic heterocycles. The Morgan fingerprint density at radius 3 is 1.37 bits per heavy atom. The third kappa shape index (κ3) is 23.1. The highest BCUT2D eigenvalue weighted by molar-refractivity contribution is 5.04. The SMILES string of the molecule is CCCCC#CC(CCOCOCOCCC(C#CCCCC)CCC(O)CC)CCC(O)CC. The van der Waals surface area contributed by atoms with Gasteiger partial charge in [-0.2, -0.15) is 0 Å². The molecule has 0 aromatic heterocycles. The minimum Gasteiger partial charge on any atom is -0.393 e. The molecule has 0 saturated heterocycles. The maximum atomic E-state index is 9.86. The van der Waals surface area contributed by atoms with E-state index in [1.807, 2.05) is 13.8 Å². The van der Waals surface area contributed by atoms with E-state index in [4.69, 9.17) is 14.2 Å². The van der Waals surface area contributed by atoms with Crippen molar-refractivity contribution in [3.05, 3.63) is 0 Å². The van der Waals surface area contributed by atoms with Gasteiger partial charge < -0.3 is 24.4 Å². The number of aliphatic hydroxyl groups excluding tert-OH is 2. The predicted molar refractivity (Wildman–Crippen MR) is 145 cm³/mol. The highest BCUT2D eigenvalue weighted by Crippen LogP contribution is 2.15. The molecule has 4 unspecified atom stereocenters. The van der Waals surface area contributed by atoms with Crippen molar-refractivity contribution in [1.29, 1.82) is 0 Å². The molecule has 0 radical (unpaired) electrons. The van der Waals surface area contributed by atoms with Crippen LogP contribution in [-0.2, 0) is 14.2 Å². The van der Waals surface area contributed by atoms with Crippen LogP contribution < -0.4 is 0 Å². The molecule has 2 N–H and O–H groups in total. The lowest BCUT2D eigenvalue weighted by atomic mass is 9.97. The molecule has 4 atom stereocenters. The summed E-state index contributed by atoms with van der Waals surface area (Å²) in [5, 5.41) is 19.7. The summed E-state index contributed by atoms with van der Waals surface area (Å²) in [7, 11) is 0. The van der Waals surface area contributed by atoms with E-state index in [2.05, 4.69) is 37.5 Å². The second kappa shape index (κ2) is 26.0. The van der Waals surface area contributed by atoms with Crippen molar-refractivity contribution in [1.82, 2.24) is 0 Å². The molecule has 35 heavy (non-hydrogen) atoms. The Morgan fingerprint density at radius 2 is 1.00 bits per heavy atom. The van der Waals surface area contributed by atoms with Crippen LogP contribution in [0, 0.1) is 35.5 Å². The molecule has 0 aromatic carbocycles. The van der Waals surface area contributed by atoms with Crippen LogP contribution in [-0.4, -0.2) is 49.2 Å². The van der Waals surface area contributed by atoms with Crippen molar-refractivity contribution in [2.75, 3.05) is 26.8 Å². The number of hydrogen-bond donors (Lipinski definition) is 2. The third-order valence-electron chi connectivity index (χ3n) is 6.12. The average molecular weight is 495 g/mol. The fraction of sp³-hybridized carbons (Fsp3) is 0.867. The summed E-state index contributed by atoms with van der Waals surface area (Å²) in [5.74, 6) is 13.8. The Kier molecular flexibility index (Phi) is 25.2. The van der Waals surface area contributed by atoms with Crippen molar-refractivity contribution in [3.8, 4) is 23.7 Å². The first-order valence-electron chi connectivity index (χ1n) is 14.1. The standard InChI is InChI=1S/C30H54O5/c1-5-9-11-13-15-27(17-19-29(31)7-3)21-23-33-25-35-26-34-24-22-28(16-14-12-10-6-2)18-20-30(32)8-4/h27-32H,5-12,17-26H2,1-4H3. The van der Waals surface area contributed by atoms with Gasteiger partial charge in [0.2, 0.25) is 0 Å². The number of ether oxygens (including phenoxy) is 3. The summed E-state index contributed by atoms with van der Waals surface area (Å²) in [6.07, 6.45) is 12.6. The van der Waals surface area contributed by atoms with Gasteiger partial charge >= 0.3 is 0 Å². The van der Waals surface area contributed by atoms with E-state index < -0.39 is 0 Å². The Bertz CT molecular complexity index is 521. The van der Waals surface area contributed by atoms with Gasteiger partial charge in [0.25, 0.3) is 0 Å². The predicted octanol–water partition coefficient (Wildman–Crippen LogP) is 6.45. The lowest BCUT2D eigenvalue weighted by molar-refractivity contribution is -0.132. The largest absolute Gasteiger partial charge is 0.393 e. The number of hydrogen-bond acceptors (Lipinski definition) is 5. The fourth-order valence-corrected chi connectivity index (χ4v) is 3.46. The first-order chi connectivity index (χ1) is 17.1. The van der Waals surface area contributed by atoms with Crippen LogP contribution in [0.1, 0.15) is 118 Å². The van der Waals surface area contributed by atoms with Crippen molar-refractivity contribution >= 4 is 0 Å². The van der Waals surface area contributed by atoms with Crippen molar-refractivity contribution in [3.63, 3.8) is 0 Å². The van der Waals surface area contributed by atoms with Gasteiger partial charge in [-0.3, -0.25) is 0 Å². The third-order valence-corrected chi connectivity index (χ3v) is 6.12. The summed E-state index contributed by atoms with van der Waals surface area (Å²) in [5.41, 5.74) is 0. The maximum Gasteiger partial charge on any atom is 0.149 e. The van der Waals surface area contributed by atoms with Gasteiger partial charge in [-0.05, 0) is 64.2 Å². The van der Waals surface area contributed by atoms with E-state index >= 15 is 0 Å². The van der Waals surface area contributed by atoms with Gasteiger partial charge in [0.1, 0.15) is 13.6 Å². The van der Waals surface area contributed by atoms with Crippen molar-refractivity contribution < 1.29 is 24.4 Å². The Hall–Kier alpha value is -1.08. The fourth-order valence-electron chi connectivity index (χ4n) is 3.46. The molecule has 0 heterocycles. The topological polar surface area (TPSA) is 68.2 Å². The van der Waals surface area contributed by atoms with Crippen LogP contribution in [0.5, 0.6) is 0 Å². The minimum absolute atomic E-state index is 0.205. The lowest BCUT2D eigenvalue weighted by Crippen LogP contribution is -2.12. The second-order valence-corrected chi connectivity index (χ2v) is 9.36. The van der Waals surface area contributed by atoms with Gasteiger partial charge in [-0.1, -0.05) is 52.4 Å². The first kappa shape index (κ1) is 33.9. The van der Waals surface area contributed by atoms with Gasteiger partial charge in [0.15, 0.2) is 0 Å². The monoisotopic (exact) mass is 494 g/mol. The van der Waals surface area contributed by atoms with Crippen LogP contribution in [0.3, 0.4) is 0 Å². The number of aliphatic hydroxyl groups is 2. The molecular formula is C30H54O5. The van der Waals surface area contributed by atoms with Crippen molar-refractivity contribution in [2.24, 2.45) is 11.8 Å². The quantitative estimate of drug-likeness (QED) is 0.103. The Balaban J connectivity index is 4.10. The Labute approximate surface area is 216 Å². The number of rotatable bonds is 22. The summed E-state index contributed by atoms with van der Waals surface area (Å²) in [4.78, 5) is 0. The molecule has 0 saturated carbocycles. The average Bonchev–Trinajstić information content (AvgIpc) is 2.87. The van der Waals surface area contributed by atoms with E-state index in [0.29, 0.717) is 13.2 Å². The van der Waals surface area contributed by atoms with Gasteiger partial charge in [0, 0.05) is 24.7 Å². The first-order valence-corrected chi connectivity index (χ1v) is 14.1. The molecule has 0 aliphatic rings. The molecular weight excluding hydrogens is 440 g/mol. The molecule has 0 fully saturated rings. The Morgan fingerprint density at radius 1 is 0.571 bits per heavy atom. The minimum atomic E-state index is -0.241. The van der Waals surface area contributed by atoms with Crippen LogP contribution in [0.4, 0.5) is 0 Å². The molecule has 0 rings (SSSR count). The summed E-state index contributed by atoms with van der Waals surface area (Å²) < 4.78 is 16.7. The summed E-state index contributed by atoms with van der Waals surface area (Å²) in [6.45, 7) is 9.95. The molecule has 5 heteroatoms. The van der Waals surface area contributed by atoms with Crippen LogP contribution in [0.25, 0.3) is 0 Å². The smallest absolute Gasteiger partial charge is 0.149 e. The molecule has 204 valence electrons. The molecule has 0 aliphatic carbocycles. The lowest BCUT2D eigenvalue weighted by Gasteiger charge is -2.14. The van der Waals surface area contributed by atoms with E-state index in [0.717, 1.165) is 89.9 Å². The zero-order valence-electron chi connectivity index (χ0n) is 23.2. The van der Waals surface area contributed by atoms with E-state index in [1.54, 1.807) is 0 Å². The normalized spacial score (nSPS) is 14.3. The molecule has 5 nitrogen and oxygen atoms in total. The van der Waals surface area contributed by atoms with Crippen molar-refractivity contribution in [2.45, 2.75) is 130 Å². The van der Waals surface area contributed by atoms with Gasteiger partial charge in [0.05, 0.1) is 25.4 Å². The second-order valence-electron chi connectivity index (χ2n) is 9.36. The number of unbranched alkanes of at least 4 members (excludes halogenated alkanes) is 4. The molecule has 0 amide bonds. The summed E-state index contributed by atoms with van der Waals surface area (Å²) in [6, 6.07) is 0.